The zero-order valence-electron chi connectivity index (χ0n) is 10.7. The lowest BCUT2D eigenvalue weighted by Gasteiger charge is -2.13. The maximum atomic E-state index is 13.0. The molecule has 0 fully saturated rings. The highest BCUT2D eigenvalue weighted by atomic mass is 79.9. The lowest BCUT2D eigenvalue weighted by molar-refractivity contribution is -0.137. The van der Waals surface area contributed by atoms with Gasteiger partial charge in [0.1, 0.15) is 0 Å². The summed E-state index contributed by atoms with van der Waals surface area (Å²) in [7, 11) is 1.51. The van der Waals surface area contributed by atoms with Gasteiger partial charge in [0.05, 0.1) is 23.0 Å². The van der Waals surface area contributed by atoms with Crippen molar-refractivity contribution in [2.75, 3.05) is 11.1 Å². The van der Waals surface area contributed by atoms with Crippen molar-refractivity contribution in [2.45, 2.75) is 6.18 Å². The van der Waals surface area contributed by atoms with Crippen molar-refractivity contribution < 1.29 is 18.0 Å². The summed E-state index contributed by atoms with van der Waals surface area (Å²) in [4.78, 5) is 12.1. The van der Waals surface area contributed by atoms with Gasteiger partial charge >= 0.3 is 6.18 Å². The summed E-state index contributed by atoms with van der Waals surface area (Å²) in [6.45, 7) is 0. The minimum Gasteiger partial charge on any atom is -0.394 e. The van der Waals surface area contributed by atoms with Gasteiger partial charge in [-0.1, -0.05) is 15.9 Å². The number of aryl methyl sites for hydroxylation is 1. The van der Waals surface area contributed by atoms with Crippen LogP contribution in [0, 0.1) is 0 Å². The average molecular weight is 363 g/mol. The summed E-state index contributed by atoms with van der Waals surface area (Å²) in [5.41, 5.74) is 4.22. The Balaban J connectivity index is 2.40. The number of nitrogens with one attached hydrogen (secondary N) is 1. The predicted octanol–water partition coefficient (Wildman–Crippen LogP) is 3.04. The number of nitrogen functional groups attached to an aromatic ring is 1. The van der Waals surface area contributed by atoms with Gasteiger partial charge < -0.3 is 11.1 Å². The molecule has 1 amide bonds. The second-order valence-electron chi connectivity index (χ2n) is 4.21. The van der Waals surface area contributed by atoms with E-state index in [2.05, 4.69) is 26.3 Å². The fraction of sp³-hybridized carbons (Fsp3) is 0.167. The van der Waals surface area contributed by atoms with E-state index in [0.29, 0.717) is 0 Å². The van der Waals surface area contributed by atoms with E-state index in [-0.39, 0.29) is 16.0 Å². The van der Waals surface area contributed by atoms with E-state index in [0.717, 1.165) is 12.1 Å². The molecule has 1 heterocycles. The summed E-state index contributed by atoms with van der Waals surface area (Å²) in [6, 6.07) is 3.30. The first-order valence-electron chi connectivity index (χ1n) is 5.65. The summed E-state index contributed by atoms with van der Waals surface area (Å²) < 4.78 is 40.4. The number of carbonyl (C=O) groups is 1. The van der Waals surface area contributed by atoms with Crippen LogP contribution in [0.3, 0.4) is 0 Å². The molecule has 0 atom stereocenters. The molecule has 0 aliphatic rings. The van der Waals surface area contributed by atoms with Crippen molar-refractivity contribution >= 4 is 33.3 Å². The molecule has 0 aliphatic carbocycles. The zero-order valence-corrected chi connectivity index (χ0v) is 12.3. The van der Waals surface area contributed by atoms with Crippen LogP contribution >= 0.6 is 15.9 Å². The first-order valence-corrected chi connectivity index (χ1v) is 6.45. The van der Waals surface area contributed by atoms with E-state index < -0.39 is 23.2 Å². The van der Waals surface area contributed by atoms with E-state index in [1.54, 1.807) is 0 Å². The standard InChI is InChI=1S/C12H10BrF3N4O/c1-20-10(9(17)5-18-20)19-11(21)7-3-2-6(13)4-8(7)12(14,15)16/h2-5H,17H2,1H3,(H,19,21). The number of hydrogen-bond acceptors (Lipinski definition) is 3. The van der Waals surface area contributed by atoms with E-state index in [4.69, 9.17) is 5.73 Å². The highest BCUT2D eigenvalue weighted by Gasteiger charge is 2.35. The molecule has 5 nitrogen and oxygen atoms in total. The maximum Gasteiger partial charge on any atom is 0.417 e. The average Bonchev–Trinajstić information content (AvgIpc) is 2.69. The number of halogens is 4. The molecule has 3 N–H and O–H groups in total. The molecule has 2 rings (SSSR count). The van der Waals surface area contributed by atoms with Crippen molar-refractivity contribution in [3.05, 3.63) is 40.0 Å². The third-order valence-corrected chi connectivity index (χ3v) is 3.22. The van der Waals surface area contributed by atoms with Crippen LogP contribution in [0.1, 0.15) is 15.9 Å². The molecule has 0 bridgehead atoms. The number of benzene rings is 1. The van der Waals surface area contributed by atoms with Gasteiger partial charge in [0.15, 0.2) is 5.82 Å². The van der Waals surface area contributed by atoms with Crippen molar-refractivity contribution in [1.82, 2.24) is 9.78 Å². The maximum absolute atomic E-state index is 13.0. The van der Waals surface area contributed by atoms with E-state index in [1.807, 2.05) is 0 Å². The molecule has 2 aromatic rings. The Labute approximate surface area is 126 Å². The Bertz CT molecular complexity index is 677. The van der Waals surface area contributed by atoms with Crippen LogP contribution < -0.4 is 11.1 Å². The largest absolute Gasteiger partial charge is 0.417 e. The van der Waals surface area contributed by atoms with Crippen molar-refractivity contribution in [3.63, 3.8) is 0 Å². The molecule has 21 heavy (non-hydrogen) atoms. The van der Waals surface area contributed by atoms with E-state index in [9.17, 15) is 18.0 Å². The lowest BCUT2D eigenvalue weighted by Crippen LogP contribution is -2.20. The second kappa shape index (κ2) is 5.40. The Kier molecular flexibility index (Phi) is 3.95. The molecule has 0 radical (unpaired) electrons. The normalized spacial score (nSPS) is 11.5. The SMILES string of the molecule is Cn1ncc(N)c1NC(=O)c1ccc(Br)cc1C(F)(F)F. The number of rotatable bonds is 2. The number of carbonyl (C=O) groups excluding carboxylic acids is 1. The van der Waals surface area contributed by atoms with Crippen molar-refractivity contribution in [2.24, 2.45) is 7.05 Å². The van der Waals surface area contributed by atoms with Crippen LogP contribution in [0.25, 0.3) is 0 Å². The molecule has 9 heteroatoms. The third kappa shape index (κ3) is 3.18. The van der Waals surface area contributed by atoms with Crippen LogP contribution in [0.15, 0.2) is 28.9 Å². The number of nitrogens with zero attached hydrogens (tertiary/aromatic N) is 2. The summed E-state index contributed by atoms with van der Waals surface area (Å²) in [6.07, 6.45) is -3.35. The molecule has 1 aromatic carbocycles. The number of amides is 1. The summed E-state index contributed by atoms with van der Waals surface area (Å²) in [5, 5.41) is 6.12. The van der Waals surface area contributed by atoms with Gasteiger partial charge in [-0.3, -0.25) is 9.48 Å². The summed E-state index contributed by atoms with van der Waals surface area (Å²) in [5.74, 6) is -0.777. The van der Waals surface area contributed by atoms with Gasteiger partial charge in [-0.2, -0.15) is 18.3 Å². The van der Waals surface area contributed by atoms with Crippen LogP contribution in [-0.2, 0) is 13.2 Å². The van der Waals surface area contributed by atoms with Crippen LogP contribution in [0.5, 0.6) is 0 Å². The van der Waals surface area contributed by atoms with Crippen molar-refractivity contribution in [3.8, 4) is 0 Å². The van der Waals surface area contributed by atoms with E-state index >= 15 is 0 Å². The molecule has 0 saturated carbocycles. The van der Waals surface area contributed by atoms with Crippen LogP contribution in [-0.4, -0.2) is 15.7 Å². The monoisotopic (exact) mass is 362 g/mol. The fourth-order valence-corrected chi connectivity index (χ4v) is 2.09. The Morgan fingerprint density at radius 2 is 2.10 bits per heavy atom. The van der Waals surface area contributed by atoms with Gasteiger partial charge in [-0.15, -0.1) is 0 Å². The van der Waals surface area contributed by atoms with Gasteiger partial charge in [-0.25, -0.2) is 0 Å². The van der Waals surface area contributed by atoms with E-state index in [1.165, 1.54) is 24.0 Å². The van der Waals surface area contributed by atoms with Gasteiger partial charge in [0.2, 0.25) is 0 Å². The van der Waals surface area contributed by atoms with Gasteiger partial charge in [0, 0.05) is 11.5 Å². The van der Waals surface area contributed by atoms with Crippen LogP contribution in [0.2, 0.25) is 0 Å². The summed E-state index contributed by atoms with van der Waals surface area (Å²) >= 11 is 2.96. The van der Waals surface area contributed by atoms with Crippen molar-refractivity contribution in [1.29, 1.82) is 0 Å². The minimum atomic E-state index is -4.64. The molecule has 0 aliphatic heterocycles. The molecule has 0 saturated heterocycles. The number of nitrogens with two attached hydrogens (primary N) is 1. The molecule has 0 spiro atoms. The highest BCUT2D eigenvalue weighted by Crippen LogP contribution is 2.34. The smallest absolute Gasteiger partial charge is 0.394 e. The molecular formula is C12H10BrF3N4O. The molecule has 0 unspecified atom stereocenters. The number of alkyl halides is 3. The zero-order chi connectivity index (χ0) is 15.8. The Morgan fingerprint density at radius 3 is 2.62 bits per heavy atom. The minimum absolute atomic E-state index is 0.135. The second-order valence-corrected chi connectivity index (χ2v) is 5.13. The Morgan fingerprint density at radius 1 is 1.43 bits per heavy atom. The van der Waals surface area contributed by atoms with Gasteiger partial charge in [0.25, 0.3) is 5.91 Å². The van der Waals surface area contributed by atoms with Gasteiger partial charge in [-0.05, 0) is 18.2 Å². The fourth-order valence-electron chi connectivity index (χ4n) is 1.73. The molecule has 112 valence electrons. The quantitative estimate of drug-likeness (QED) is 0.862. The molecular weight excluding hydrogens is 353 g/mol. The topological polar surface area (TPSA) is 72.9 Å². The first kappa shape index (κ1) is 15.4. The number of aromatic nitrogens is 2. The third-order valence-electron chi connectivity index (χ3n) is 2.73. The predicted molar refractivity (Wildman–Crippen MR) is 74.7 cm³/mol. The lowest BCUT2D eigenvalue weighted by atomic mass is 10.1. The Hall–Kier alpha value is -2.03. The highest BCUT2D eigenvalue weighted by molar-refractivity contribution is 9.10. The number of anilines is 2. The number of hydrogen-bond donors (Lipinski definition) is 2. The molecule has 1 aromatic heterocycles. The van der Waals surface area contributed by atoms with Crippen LogP contribution in [0.4, 0.5) is 24.7 Å². The first-order chi connectivity index (χ1) is 9.70.